The number of hydrogen-bond donors (Lipinski definition) is 3. The van der Waals surface area contributed by atoms with Crippen LogP contribution in [0.5, 0.6) is 0 Å². The van der Waals surface area contributed by atoms with Crippen LogP contribution in [0, 0.1) is 0 Å². The second kappa shape index (κ2) is 5.09. The maximum absolute atomic E-state index is 10.7. The molecule has 4 nitrogen and oxygen atoms in total. The summed E-state index contributed by atoms with van der Waals surface area (Å²) in [6.45, 7) is 1.83. The van der Waals surface area contributed by atoms with Crippen LogP contribution >= 0.6 is 0 Å². The summed E-state index contributed by atoms with van der Waals surface area (Å²) in [5.41, 5.74) is 0. The minimum absolute atomic E-state index is 0. The van der Waals surface area contributed by atoms with Gasteiger partial charge in [-0.05, 0) is 14.0 Å². The van der Waals surface area contributed by atoms with Crippen LogP contribution in [0.4, 0.5) is 0 Å². The van der Waals surface area contributed by atoms with Crippen molar-refractivity contribution in [1.29, 1.82) is 0 Å². The first-order valence-electron chi connectivity index (χ1n) is 3.67. The van der Waals surface area contributed by atoms with E-state index in [-0.39, 0.29) is 19.8 Å². The smallest absolute Gasteiger partial charge is 0.222 e. The van der Waals surface area contributed by atoms with Gasteiger partial charge in [-0.3, -0.25) is 4.79 Å². The first-order valence-corrected chi connectivity index (χ1v) is 3.67. The van der Waals surface area contributed by atoms with Crippen LogP contribution in [0.1, 0.15) is 14.8 Å². The lowest BCUT2D eigenvalue weighted by molar-refractivity contribution is -0.122. The highest BCUT2D eigenvalue weighted by atomic mass is 16.3. The molecule has 1 amide bonds. The normalized spacial score (nSPS) is 15.6. The second-order valence-electron chi connectivity index (χ2n) is 2.52. The van der Waals surface area contributed by atoms with E-state index in [1.165, 1.54) is 0 Å². The minimum atomic E-state index is -0.611. The Morgan fingerprint density at radius 1 is 1.64 bits per heavy atom. The predicted octanol–water partition coefficient (Wildman–Crippen LogP) is -0.663. The zero-order chi connectivity index (χ0) is 8.85. The lowest BCUT2D eigenvalue weighted by Gasteiger charge is -2.16. The highest BCUT2D eigenvalue weighted by Gasteiger charge is 2.14. The fourth-order valence-corrected chi connectivity index (χ4v) is 0.661. The molecule has 0 aliphatic carbocycles. The first kappa shape index (κ1) is 10.4. The van der Waals surface area contributed by atoms with E-state index in [0.29, 0.717) is 0 Å². The molecule has 0 bridgehead atoms. The van der Waals surface area contributed by atoms with Gasteiger partial charge in [-0.25, -0.2) is 0 Å². The van der Waals surface area contributed by atoms with Gasteiger partial charge in [0.15, 0.2) is 0 Å². The molecule has 0 radical (unpaired) electrons. The summed E-state index contributed by atoms with van der Waals surface area (Å²) < 4.78 is 0. The standard InChI is InChI=1S/C7H16N2O2.H2/c1-5(8-2)6(10)4-7(11)9-3;/h5-6,8,10H,4H2,1-3H3,(H,9,11);1H. The number of carbonyl (C=O) groups excluding carboxylic acids is 1. The molecule has 0 aromatic carbocycles. The van der Waals surface area contributed by atoms with E-state index in [2.05, 4.69) is 10.6 Å². The third-order valence-electron chi connectivity index (χ3n) is 1.71. The molecule has 4 heteroatoms. The highest BCUT2D eigenvalue weighted by molar-refractivity contribution is 5.76. The monoisotopic (exact) mass is 162 g/mol. The molecule has 0 aromatic heterocycles. The predicted molar refractivity (Wildman–Crippen MR) is 45.3 cm³/mol. The number of carbonyl (C=O) groups is 1. The summed E-state index contributed by atoms with van der Waals surface area (Å²) in [4.78, 5) is 10.7. The topological polar surface area (TPSA) is 61.4 Å². The van der Waals surface area contributed by atoms with Gasteiger partial charge in [0.25, 0.3) is 0 Å². The van der Waals surface area contributed by atoms with E-state index < -0.39 is 6.10 Å². The summed E-state index contributed by atoms with van der Waals surface area (Å²) >= 11 is 0. The Morgan fingerprint density at radius 3 is 2.55 bits per heavy atom. The summed E-state index contributed by atoms with van der Waals surface area (Å²) in [7, 11) is 3.30. The fraction of sp³-hybridized carbons (Fsp3) is 0.857. The van der Waals surface area contributed by atoms with Gasteiger partial charge in [0.2, 0.25) is 5.91 Å². The average Bonchev–Trinajstić information content (AvgIpc) is 2.02. The van der Waals surface area contributed by atoms with Gasteiger partial charge in [-0.2, -0.15) is 0 Å². The van der Waals surface area contributed by atoms with E-state index >= 15 is 0 Å². The third kappa shape index (κ3) is 3.95. The molecule has 0 saturated carbocycles. The molecule has 0 rings (SSSR count). The molecule has 2 atom stereocenters. The molecule has 0 fully saturated rings. The molecule has 0 saturated heterocycles. The summed E-state index contributed by atoms with van der Waals surface area (Å²) in [5.74, 6) is -0.139. The van der Waals surface area contributed by atoms with Crippen LogP contribution in [0.15, 0.2) is 0 Å². The van der Waals surface area contributed by atoms with E-state index in [4.69, 9.17) is 0 Å². The van der Waals surface area contributed by atoms with Gasteiger partial charge >= 0.3 is 0 Å². The maximum Gasteiger partial charge on any atom is 0.222 e. The van der Waals surface area contributed by atoms with Gasteiger partial charge in [0, 0.05) is 14.5 Å². The van der Waals surface area contributed by atoms with Crippen LogP contribution < -0.4 is 10.6 Å². The molecule has 2 unspecified atom stereocenters. The zero-order valence-corrected chi connectivity index (χ0v) is 7.22. The molecule has 68 valence electrons. The number of amides is 1. The van der Waals surface area contributed by atoms with Crippen molar-refractivity contribution in [2.45, 2.75) is 25.5 Å². The zero-order valence-electron chi connectivity index (χ0n) is 7.22. The Balaban J connectivity index is 0. The van der Waals surface area contributed by atoms with Crippen molar-refractivity contribution in [1.82, 2.24) is 10.6 Å². The first-order chi connectivity index (χ1) is 5.11. The average molecular weight is 162 g/mol. The van der Waals surface area contributed by atoms with E-state index in [1.807, 2.05) is 6.92 Å². The Bertz CT molecular complexity index is 133. The van der Waals surface area contributed by atoms with Crippen LogP contribution in [0.2, 0.25) is 0 Å². The third-order valence-corrected chi connectivity index (χ3v) is 1.71. The van der Waals surface area contributed by atoms with Gasteiger partial charge in [0.05, 0.1) is 12.5 Å². The van der Waals surface area contributed by atoms with Crippen molar-refractivity contribution in [3.05, 3.63) is 0 Å². The molecule has 0 aliphatic rings. The molecule has 11 heavy (non-hydrogen) atoms. The molecule has 0 aromatic rings. The summed E-state index contributed by atoms with van der Waals surface area (Å²) in [6, 6.07) is -0.0488. The molecule has 0 spiro atoms. The van der Waals surface area contributed by atoms with Gasteiger partial charge < -0.3 is 15.7 Å². The lowest BCUT2D eigenvalue weighted by atomic mass is 10.1. The number of rotatable bonds is 4. The fourth-order valence-electron chi connectivity index (χ4n) is 0.661. The van der Waals surface area contributed by atoms with Crippen LogP contribution in [0.3, 0.4) is 0 Å². The van der Waals surface area contributed by atoms with E-state index in [9.17, 15) is 9.90 Å². The molecular weight excluding hydrogens is 144 g/mol. The Hall–Kier alpha value is -0.610. The summed E-state index contributed by atoms with van der Waals surface area (Å²) in [5, 5.41) is 14.6. The number of hydrogen-bond acceptors (Lipinski definition) is 3. The number of likely N-dealkylation sites (N-methyl/N-ethyl adjacent to an activating group) is 1. The lowest BCUT2D eigenvalue weighted by Crippen LogP contribution is -2.38. The van der Waals surface area contributed by atoms with Gasteiger partial charge in [-0.15, -0.1) is 0 Å². The van der Waals surface area contributed by atoms with Crippen LogP contribution in [-0.4, -0.2) is 37.3 Å². The largest absolute Gasteiger partial charge is 0.391 e. The minimum Gasteiger partial charge on any atom is -0.391 e. The highest BCUT2D eigenvalue weighted by Crippen LogP contribution is 1.96. The van der Waals surface area contributed by atoms with Crippen LogP contribution in [0.25, 0.3) is 0 Å². The maximum atomic E-state index is 10.7. The van der Waals surface area contributed by atoms with Gasteiger partial charge in [0.1, 0.15) is 0 Å². The number of aliphatic hydroxyl groups is 1. The Kier molecular flexibility index (Phi) is 4.81. The molecule has 3 N–H and O–H groups in total. The van der Waals surface area contributed by atoms with Crippen molar-refractivity contribution in [2.24, 2.45) is 0 Å². The number of aliphatic hydroxyl groups excluding tert-OH is 1. The molecule has 0 heterocycles. The van der Waals surface area contributed by atoms with Crippen molar-refractivity contribution < 1.29 is 11.3 Å². The van der Waals surface area contributed by atoms with Crippen molar-refractivity contribution in [2.75, 3.05) is 14.1 Å². The van der Waals surface area contributed by atoms with Crippen LogP contribution in [-0.2, 0) is 4.79 Å². The van der Waals surface area contributed by atoms with Crippen molar-refractivity contribution in [3.63, 3.8) is 0 Å². The molecular formula is C7H18N2O2. The van der Waals surface area contributed by atoms with E-state index in [1.54, 1.807) is 14.1 Å². The van der Waals surface area contributed by atoms with Crippen molar-refractivity contribution in [3.8, 4) is 0 Å². The Morgan fingerprint density at radius 2 is 2.18 bits per heavy atom. The van der Waals surface area contributed by atoms with E-state index in [0.717, 1.165) is 0 Å². The van der Waals surface area contributed by atoms with Gasteiger partial charge in [-0.1, -0.05) is 0 Å². The van der Waals surface area contributed by atoms with Crippen molar-refractivity contribution >= 4 is 5.91 Å². The molecule has 0 aliphatic heterocycles. The Labute approximate surface area is 68.5 Å². The number of nitrogens with one attached hydrogen (secondary N) is 2. The second-order valence-corrected chi connectivity index (χ2v) is 2.52. The quantitative estimate of drug-likeness (QED) is 0.514. The SMILES string of the molecule is CNC(=O)CC(O)C(C)NC.[HH]. The summed E-state index contributed by atoms with van der Waals surface area (Å²) in [6.07, 6.45) is -0.460.